The zero-order chi connectivity index (χ0) is 15.0. The number of hydrogen-bond donors (Lipinski definition) is 2. The lowest BCUT2D eigenvalue weighted by Gasteiger charge is -2.46. The van der Waals surface area contributed by atoms with Crippen LogP contribution in [0.1, 0.15) is 35.3 Å². The Hall–Kier alpha value is -1.66. The molecule has 1 amide bonds. The molecule has 0 saturated carbocycles. The molecule has 112 valence electrons. The van der Waals surface area contributed by atoms with Gasteiger partial charge in [-0.3, -0.25) is 4.79 Å². The summed E-state index contributed by atoms with van der Waals surface area (Å²) in [5, 5.41) is 13.1. The van der Waals surface area contributed by atoms with E-state index in [2.05, 4.69) is 9.97 Å². The zero-order valence-electron chi connectivity index (χ0n) is 12.2. The Morgan fingerprint density at radius 2 is 2.33 bits per heavy atom. The molecule has 3 heterocycles. The highest BCUT2D eigenvalue weighted by atomic mass is 32.1. The lowest BCUT2D eigenvalue weighted by molar-refractivity contribution is -0.0861. The van der Waals surface area contributed by atoms with Crippen molar-refractivity contribution in [3.63, 3.8) is 0 Å². The second kappa shape index (κ2) is 5.27. The summed E-state index contributed by atoms with van der Waals surface area (Å²) in [6, 6.07) is 1.83. The van der Waals surface area contributed by atoms with Gasteiger partial charge in [-0.05, 0) is 19.4 Å². The van der Waals surface area contributed by atoms with E-state index in [-0.39, 0.29) is 5.91 Å². The first kappa shape index (κ1) is 14.3. The number of aromatic amines is 1. The van der Waals surface area contributed by atoms with Crippen molar-refractivity contribution in [1.29, 1.82) is 0 Å². The first-order valence-electron chi connectivity index (χ1n) is 7.13. The summed E-state index contributed by atoms with van der Waals surface area (Å²) in [6.07, 6.45) is 3.47. The van der Waals surface area contributed by atoms with Crippen LogP contribution in [0.4, 0.5) is 0 Å². The Morgan fingerprint density at radius 3 is 2.95 bits per heavy atom. The Balaban J connectivity index is 1.68. The van der Waals surface area contributed by atoms with Gasteiger partial charge in [-0.1, -0.05) is 13.3 Å². The lowest BCUT2D eigenvalue weighted by Crippen LogP contribution is -2.63. The highest BCUT2D eigenvalue weighted by molar-refractivity contribution is 7.09. The Morgan fingerprint density at radius 1 is 1.57 bits per heavy atom. The van der Waals surface area contributed by atoms with E-state index in [9.17, 15) is 9.90 Å². The fraction of sp³-hybridized carbons (Fsp3) is 0.467. The van der Waals surface area contributed by atoms with Gasteiger partial charge in [-0.2, -0.15) is 0 Å². The minimum absolute atomic E-state index is 0.0611. The smallest absolute Gasteiger partial charge is 0.270 e. The zero-order valence-corrected chi connectivity index (χ0v) is 13.0. The molecule has 0 aliphatic carbocycles. The van der Waals surface area contributed by atoms with E-state index in [0.717, 1.165) is 29.1 Å². The number of nitrogens with one attached hydrogen (secondary N) is 1. The van der Waals surface area contributed by atoms with Crippen molar-refractivity contribution in [2.24, 2.45) is 0 Å². The molecule has 5 nitrogen and oxygen atoms in total. The number of carbonyl (C=O) groups excluding carboxylic acids is 1. The molecule has 1 aliphatic heterocycles. The van der Waals surface area contributed by atoms with Crippen molar-refractivity contribution in [2.45, 2.75) is 32.3 Å². The number of aliphatic hydroxyl groups is 1. The number of amides is 1. The average Bonchev–Trinajstić information content (AvgIpc) is 3.03. The lowest BCUT2D eigenvalue weighted by atomic mass is 9.89. The summed E-state index contributed by atoms with van der Waals surface area (Å²) in [6.45, 7) is 4.84. The van der Waals surface area contributed by atoms with Crippen molar-refractivity contribution < 1.29 is 9.90 Å². The second-order valence-corrected chi connectivity index (χ2v) is 6.75. The van der Waals surface area contributed by atoms with Crippen molar-refractivity contribution in [2.75, 3.05) is 13.1 Å². The molecule has 1 saturated heterocycles. The summed E-state index contributed by atoms with van der Waals surface area (Å²) in [7, 11) is 0. The van der Waals surface area contributed by atoms with Gasteiger partial charge in [0, 0.05) is 17.1 Å². The van der Waals surface area contributed by atoms with Crippen molar-refractivity contribution in [3.05, 3.63) is 28.3 Å². The molecule has 0 aromatic carbocycles. The third-order valence-corrected chi connectivity index (χ3v) is 4.57. The number of thiazole rings is 1. The number of nitrogens with zero attached hydrogens (tertiary/aromatic N) is 2. The van der Waals surface area contributed by atoms with Gasteiger partial charge in [0.15, 0.2) is 0 Å². The molecule has 6 heteroatoms. The third-order valence-electron chi connectivity index (χ3n) is 3.80. The largest absolute Gasteiger partial charge is 0.386 e. The number of carbonyl (C=O) groups is 1. The molecule has 0 bridgehead atoms. The van der Waals surface area contributed by atoms with Gasteiger partial charge in [-0.25, -0.2) is 4.98 Å². The molecule has 2 aromatic heterocycles. The summed E-state index contributed by atoms with van der Waals surface area (Å²) < 4.78 is 0. The predicted octanol–water partition coefficient (Wildman–Crippen LogP) is 2.43. The number of aryl methyl sites for hydroxylation is 1. The second-order valence-electron chi connectivity index (χ2n) is 5.69. The first-order chi connectivity index (χ1) is 10.0. The van der Waals surface area contributed by atoms with Crippen LogP contribution in [0, 0.1) is 6.92 Å². The maximum atomic E-state index is 12.3. The molecule has 21 heavy (non-hydrogen) atoms. The topological polar surface area (TPSA) is 69.2 Å². The van der Waals surface area contributed by atoms with Crippen LogP contribution in [0.3, 0.4) is 0 Å². The van der Waals surface area contributed by atoms with Gasteiger partial charge in [-0.15, -0.1) is 11.3 Å². The molecule has 0 atom stereocenters. The van der Waals surface area contributed by atoms with Crippen LogP contribution in [0.5, 0.6) is 0 Å². The van der Waals surface area contributed by atoms with E-state index < -0.39 is 5.60 Å². The molecule has 2 aromatic rings. The number of aromatic nitrogens is 2. The quantitative estimate of drug-likeness (QED) is 0.911. The van der Waals surface area contributed by atoms with Crippen molar-refractivity contribution in [1.82, 2.24) is 14.9 Å². The molecule has 0 unspecified atom stereocenters. The molecule has 0 radical (unpaired) electrons. The minimum atomic E-state index is -0.689. The van der Waals surface area contributed by atoms with Gasteiger partial charge in [0.2, 0.25) is 0 Å². The number of β-amino-alcohol motifs (C(OH)–C–C–N with tert-alkyl or cyclic N) is 1. The van der Waals surface area contributed by atoms with Gasteiger partial charge in [0.25, 0.3) is 5.91 Å². The highest BCUT2D eigenvalue weighted by Gasteiger charge is 2.43. The minimum Gasteiger partial charge on any atom is -0.386 e. The average molecular weight is 305 g/mol. The van der Waals surface area contributed by atoms with Crippen LogP contribution < -0.4 is 0 Å². The fourth-order valence-electron chi connectivity index (χ4n) is 2.76. The number of rotatable bonds is 4. The van der Waals surface area contributed by atoms with E-state index in [4.69, 9.17) is 0 Å². The predicted molar refractivity (Wildman–Crippen MR) is 82.4 cm³/mol. The molecule has 3 rings (SSSR count). The number of hydrogen-bond acceptors (Lipinski definition) is 4. The number of H-pyrrole nitrogens is 1. The molecular weight excluding hydrogens is 286 g/mol. The Kier molecular flexibility index (Phi) is 3.59. The van der Waals surface area contributed by atoms with Gasteiger partial charge in [0.1, 0.15) is 5.69 Å². The van der Waals surface area contributed by atoms with Crippen LogP contribution in [0.25, 0.3) is 11.3 Å². The first-order valence-corrected chi connectivity index (χ1v) is 8.01. The van der Waals surface area contributed by atoms with Gasteiger partial charge >= 0.3 is 0 Å². The summed E-state index contributed by atoms with van der Waals surface area (Å²) >= 11 is 1.59. The van der Waals surface area contributed by atoms with Crippen molar-refractivity contribution >= 4 is 17.2 Å². The summed E-state index contributed by atoms with van der Waals surface area (Å²) in [5.74, 6) is -0.0611. The monoisotopic (exact) mass is 305 g/mol. The van der Waals surface area contributed by atoms with Crippen LogP contribution in [0.15, 0.2) is 17.6 Å². The standard InChI is InChI=1S/C15H19N3O2S/c1-3-4-15(20)8-18(9-15)14(19)12-5-11(6-16-12)13-7-21-10(2)17-13/h5-7,16,20H,3-4,8-9H2,1-2H3. The molecular formula is C15H19N3O2S. The maximum absolute atomic E-state index is 12.3. The van der Waals surface area contributed by atoms with E-state index in [1.165, 1.54) is 0 Å². The molecule has 0 spiro atoms. The third kappa shape index (κ3) is 2.73. The molecule has 2 N–H and O–H groups in total. The number of likely N-dealkylation sites (tertiary alicyclic amines) is 1. The van der Waals surface area contributed by atoms with Crippen LogP contribution in [-0.4, -0.2) is 44.6 Å². The van der Waals surface area contributed by atoms with E-state index in [1.807, 2.05) is 25.3 Å². The SMILES string of the molecule is CCCC1(O)CN(C(=O)c2cc(-c3csc(C)n3)c[nH]2)C1. The summed E-state index contributed by atoms with van der Waals surface area (Å²) in [5.41, 5.74) is 1.67. The fourth-order valence-corrected chi connectivity index (χ4v) is 3.39. The van der Waals surface area contributed by atoms with Crippen LogP contribution in [0.2, 0.25) is 0 Å². The Labute approximate surface area is 127 Å². The highest BCUT2D eigenvalue weighted by Crippen LogP contribution is 2.28. The van der Waals surface area contributed by atoms with Gasteiger partial charge in [0.05, 0.1) is 29.4 Å². The summed E-state index contributed by atoms with van der Waals surface area (Å²) in [4.78, 5) is 21.4. The Bertz CT molecular complexity index is 655. The van der Waals surface area contributed by atoms with E-state index >= 15 is 0 Å². The normalized spacial score (nSPS) is 16.8. The van der Waals surface area contributed by atoms with Crippen LogP contribution in [-0.2, 0) is 0 Å². The van der Waals surface area contributed by atoms with E-state index in [0.29, 0.717) is 18.8 Å². The maximum Gasteiger partial charge on any atom is 0.270 e. The van der Waals surface area contributed by atoms with Crippen molar-refractivity contribution in [3.8, 4) is 11.3 Å². The van der Waals surface area contributed by atoms with Crippen LogP contribution >= 0.6 is 11.3 Å². The molecule has 1 fully saturated rings. The molecule has 1 aliphatic rings. The van der Waals surface area contributed by atoms with E-state index in [1.54, 1.807) is 22.4 Å². The van der Waals surface area contributed by atoms with Gasteiger partial charge < -0.3 is 15.0 Å².